The van der Waals surface area contributed by atoms with Crippen LogP contribution in [0.2, 0.25) is 0 Å². The summed E-state index contributed by atoms with van der Waals surface area (Å²) >= 11 is 0. The Balaban J connectivity index is 1.46. The molecule has 0 spiro atoms. The Labute approximate surface area is 158 Å². The molecule has 2 bridgehead atoms. The number of benzene rings is 2. The number of ketones is 1. The highest BCUT2D eigenvalue weighted by atomic mass is 16.3. The molecule has 0 radical (unpaired) electrons. The minimum Gasteiger partial charge on any atom is -0.507 e. The van der Waals surface area contributed by atoms with Gasteiger partial charge in [0.25, 0.3) is 0 Å². The molecule has 4 heterocycles. The number of piperidine rings is 3. The minimum atomic E-state index is 0.0909. The molecule has 3 aliphatic rings. The monoisotopic (exact) mass is 361 g/mol. The molecule has 1 atom stereocenters. The molecule has 3 aromatic rings. The molecule has 0 saturated carbocycles. The van der Waals surface area contributed by atoms with Gasteiger partial charge in [0.05, 0.1) is 0 Å². The van der Waals surface area contributed by atoms with E-state index in [0.29, 0.717) is 35.2 Å². The van der Waals surface area contributed by atoms with Gasteiger partial charge in [-0.2, -0.15) is 0 Å². The third kappa shape index (κ3) is 2.94. The van der Waals surface area contributed by atoms with E-state index in [1.807, 2.05) is 36.4 Å². The first-order chi connectivity index (χ1) is 13.2. The molecule has 4 nitrogen and oxygen atoms in total. The first kappa shape index (κ1) is 16.6. The highest BCUT2D eigenvalue weighted by molar-refractivity contribution is 6.01. The number of carbonyl (C=O) groups is 1. The van der Waals surface area contributed by atoms with E-state index in [9.17, 15) is 9.90 Å². The van der Waals surface area contributed by atoms with Crippen LogP contribution in [0, 0.1) is 11.8 Å². The lowest BCUT2D eigenvalue weighted by Gasteiger charge is -2.44. The maximum Gasteiger partial charge on any atom is 0.198 e. The Morgan fingerprint density at radius 2 is 1.85 bits per heavy atom. The van der Waals surface area contributed by atoms with E-state index < -0.39 is 0 Å². The number of fused-ring (bicyclic) bond motifs is 4. The van der Waals surface area contributed by atoms with Crippen LogP contribution in [0.1, 0.15) is 29.8 Å². The summed E-state index contributed by atoms with van der Waals surface area (Å²) in [6.45, 7) is 3.41. The van der Waals surface area contributed by atoms with Crippen molar-refractivity contribution in [2.45, 2.75) is 19.3 Å². The average molecular weight is 361 g/mol. The number of phenols is 1. The molecule has 0 amide bonds. The highest BCUT2D eigenvalue weighted by Crippen LogP contribution is 2.38. The largest absolute Gasteiger partial charge is 0.507 e. The molecule has 3 saturated heterocycles. The predicted molar refractivity (Wildman–Crippen MR) is 105 cm³/mol. The first-order valence-corrected chi connectivity index (χ1v) is 9.75. The molecule has 0 unspecified atom stereocenters. The van der Waals surface area contributed by atoms with Gasteiger partial charge >= 0.3 is 0 Å². The molecule has 2 aromatic carbocycles. The van der Waals surface area contributed by atoms with E-state index in [-0.39, 0.29) is 11.5 Å². The second-order valence-electron chi connectivity index (χ2n) is 7.88. The molecule has 138 valence electrons. The van der Waals surface area contributed by atoms with Crippen molar-refractivity contribution < 1.29 is 14.3 Å². The van der Waals surface area contributed by atoms with E-state index in [2.05, 4.69) is 4.90 Å². The summed E-state index contributed by atoms with van der Waals surface area (Å²) in [7, 11) is 0. The molecule has 6 rings (SSSR count). The van der Waals surface area contributed by atoms with Gasteiger partial charge in [0, 0.05) is 29.5 Å². The molecule has 1 N–H and O–H groups in total. The van der Waals surface area contributed by atoms with Crippen molar-refractivity contribution in [3.63, 3.8) is 0 Å². The number of nitrogens with zero attached hydrogens (tertiary/aromatic N) is 1. The first-order valence-electron chi connectivity index (χ1n) is 9.75. The SMILES string of the molecule is O=C(C[C@H]1CN2CCC1CC2)c1cc2cccc(-c3ccccc3O)c2o1. The lowest BCUT2D eigenvalue weighted by atomic mass is 9.76. The average Bonchev–Trinajstić information content (AvgIpc) is 3.14. The van der Waals surface area contributed by atoms with E-state index in [1.54, 1.807) is 12.1 Å². The summed E-state index contributed by atoms with van der Waals surface area (Å²) in [5, 5.41) is 11.1. The predicted octanol–water partition coefficient (Wildman–Crippen LogP) is 4.72. The summed E-state index contributed by atoms with van der Waals surface area (Å²) in [4.78, 5) is 15.4. The van der Waals surface area contributed by atoms with E-state index in [4.69, 9.17) is 4.42 Å². The summed E-state index contributed by atoms with van der Waals surface area (Å²) in [5.41, 5.74) is 2.19. The lowest BCUT2D eigenvalue weighted by Crippen LogP contribution is -2.47. The normalized spacial score (nSPS) is 24.4. The second kappa shape index (κ2) is 6.54. The Morgan fingerprint density at radius 1 is 1.07 bits per heavy atom. The van der Waals surface area contributed by atoms with Crippen molar-refractivity contribution in [1.82, 2.24) is 4.90 Å². The summed E-state index contributed by atoms with van der Waals surface area (Å²) in [6.07, 6.45) is 3.00. The number of hydrogen-bond acceptors (Lipinski definition) is 4. The van der Waals surface area contributed by atoms with Crippen LogP contribution in [0.4, 0.5) is 0 Å². The van der Waals surface area contributed by atoms with Crippen molar-refractivity contribution in [2.24, 2.45) is 11.8 Å². The fraction of sp³-hybridized carbons (Fsp3) is 0.348. The molecule has 3 aliphatic heterocycles. The van der Waals surface area contributed by atoms with Crippen molar-refractivity contribution >= 4 is 16.8 Å². The minimum absolute atomic E-state index is 0.0909. The summed E-state index contributed by atoms with van der Waals surface area (Å²) in [6, 6.07) is 14.9. The van der Waals surface area contributed by atoms with Crippen LogP contribution in [0.5, 0.6) is 5.75 Å². The quantitative estimate of drug-likeness (QED) is 0.683. The molecule has 3 fully saturated rings. The smallest absolute Gasteiger partial charge is 0.198 e. The third-order valence-electron chi connectivity index (χ3n) is 6.25. The number of rotatable bonds is 4. The van der Waals surface area contributed by atoms with Crippen molar-refractivity contribution in [3.05, 3.63) is 54.3 Å². The van der Waals surface area contributed by atoms with Gasteiger partial charge in [-0.05, 0) is 49.9 Å². The molecular formula is C23H23NO3. The third-order valence-corrected chi connectivity index (χ3v) is 6.25. The second-order valence-corrected chi connectivity index (χ2v) is 7.88. The maximum atomic E-state index is 12.9. The fourth-order valence-corrected chi connectivity index (χ4v) is 4.77. The van der Waals surface area contributed by atoms with Crippen LogP contribution in [0.15, 0.2) is 52.9 Å². The standard InChI is InChI=1S/C23H23NO3/c25-20-7-2-1-5-18(20)19-6-3-4-16-13-22(27-23(16)19)21(26)12-17-14-24-10-8-15(17)9-11-24/h1-7,13,15,17,25H,8-12,14H2/t17-/m0/s1. The fourth-order valence-electron chi connectivity index (χ4n) is 4.77. The zero-order valence-corrected chi connectivity index (χ0v) is 15.2. The van der Waals surface area contributed by atoms with E-state index in [0.717, 1.165) is 17.5 Å². The number of carbonyl (C=O) groups excluding carboxylic acids is 1. The van der Waals surface area contributed by atoms with Gasteiger partial charge in [-0.3, -0.25) is 4.79 Å². The summed E-state index contributed by atoms with van der Waals surface area (Å²) < 4.78 is 6.02. The molecule has 1 aromatic heterocycles. The zero-order chi connectivity index (χ0) is 18.4. The number of aromatic hydroxyl groups is 1. The Hall–Kier alpha value is -2.59. The van der Waals surface area contributed by atoms with E-state index in [1.165, 1.54) is 25.9 Å². The number of furan rings is 1. The van der Waals surface area contributed by atoms with Crippen LogP contribution in [-0.2, 0) is 0 Å². The number of hydrogen-bond donors (Lipinski definition) is 1. The molecule has 4 heteroatoms. The van der Waals surface area contributed by atoms with Crippen molar-refractivity contribution in [3.8, 4) is 16.9 Å². The summed E-state index contributed by atoms with van der Waals surface area (Å²) in [5.74, 6) is 1.87. The van der Waals surface area contributed by atoms with Gasteiger partial charge in [-0.15, -0.1) is 0 Å². The molecular weight excluding hydrogens is 338 g/mol. The Morgan fingerprint density at radius 3 is 2.59 bits per heavy atom. The van der Waals surface area contributed by atoms with E-state index >= 15 is 0 Å². The van der Waals surface area contributed by atoms with Crippen molar-refractivity contribution in [2.75, 3.05) is 19.6 Å². The lowest BCUT2D eigenvalue weighted by molar-refractivity contribution is 0.0433. The Kier molecular flexibility index (Phi) is 4.01. The molecule has 27 heavy (non-hydrogen) atoms. The van der Waals surface area contributed by atoms with Crippen LogP contribution in [0.25, 0.3) is 22.1 Å². The van der Waals surface area contributed by atoms with Gasteiger partial charge in [-0.1, -0.05) is 36.4 Å². The number of para-hydroxylation sites is 2. The maximum absolute atomic E-state index is 12.9. The molecule has 0 aliphatic carbocycles. The van der Waals surface area contributed by atoms with Crippen LogP contribution in [-0.4, -0.2) is 35.4 Å². The van der Waals surface area contributed by atoms with Gasteiger partial charge < -0.3 is 14.4 Å². The van der Waals surface area contributed by atoms with Crippen molar-refractivity contribution in [1.29, 1.82) is 0 Å². The van der Waals surface area contributed by atoms with Gasteiger partial charge in [0.15, 0.2) is 11.5 Å². The van der Waals surface area contributed by atoms with Crippen LogP contribution < -0.4 is 0 Å². The van der Waals surface area contributed by atoms with Gasteiger partial charge in [0.1, 0.15) is 11.3 Å². The number of phenolic OH excluding ortho intramolecular Hbond substituents is 1. The topological polar surface area (TPSA) is 53.7 Å². The van der Waals surface area contributed by atoms with Crippen LogP contribution in [0.3, 0.4) is 0 Å². The van der Waals surface area contributed by atoms with Gasteiger partial charge in [-0.25, -0.2) is 0 Å². The zero-order valence-electron chi connectivity index (χ0n) is 15.2. The van der Waals surface area contributed by atoms with Gasteiger partial charge in [0.2, 0.25) is 0 Å². The Bertz CT molecular complexity index is 998. The van der Waals surface area contributed by atoms with Crippen LogP contribution >= 0.6 is 0 Å². The number of Topliss-reactive ketones (excluding diaryl/α,β-unsaturated/α-hetero) is 1. The highest BCUT2D eigenvalue weighted by Gasteiger charge is 2.35.